The Morgan fingerprint density at radius 2 is 1.68 bits per heavy atom. The van der Waals surface area contributed by atoms with E-state index in [9.17, 15) is 0 Å². The van der Waals surface area contributed by atoms with Crippen LogP contribution in [0.4, 0.5) is 0 Å². The summed E-state index contributed by atoms with van der Waals surface area (Å²) in [5.41, 5.74) is 0.877. The maximum Gasteiger partial charge on any atom is 0.264 e. The van der Waals surface area contributed by atoms with Crippen molar-refractivity contribution in [3.05, 3.63) is 64.8 Å². The number of methoxy groups -OCH3 is 1. The molecule has 1 heterocycles. The molecule has 3 rings (SSSR count). The van der Waals surface area contributed by atoms with Gasteiger partial charge in [-0.1, -0.05) is 16.8 Å². The van der Waals surface area contributed by atoms with Gasteiger partial charge in [0.05, 0.1) is 7.11 Å². The smallest absolute Gasteiger partial charge is 0.264 e. The molecule has 0 aliphatic carbocycles. The number of halogens is 1. The summed E-state index contributed by atoms with van der Waals surface area (Å²) in [5, 5.41) is 4.35. The fourth-order valence-corrected chi connectivity index (χ4v) is 2.39. The first-order valence-electron chi connectivity index (χ1n) is 7.61. The van der Waals surface area contributed by atoms with E-state index in [-0.39, 0.29) is 6.61 Å². The molecular formula is C18H17ClN2O4. The van der Waals surface area contributed by atoms with Gasteiger partial charge >= 0.3 is 0 Å². The van der Waals surface area contributed by atoms with Crippen molar-refractivity contribution in [3.8, 4) is 17.2 Å². The molecule has 0 fully saturated rings. The number of aryl methyl sites for hydroxylation is 1. The lowest BCUT2D eigenvalue weighted by Crippen LogP contribution is -1.99. The topological polar surface area (TPSA) is 66.6 Å². The van der Waals surface area contributed by atoms with Gasteiger partial charge in [-0.25, -0.2) is 0 Å². The molecule has 130 valence electrons. The minimum atomic E-state index is 0.223. The summed E-state index contributed by atoms with van der Waals surface area (Å²) in [6.07, 6.45) is 0. The highest BCUT2D eigenvalue weighted by atomic mass is 35.5. The molecule has 6 nitrogen and oxygen atoms in total. The van der Waals surface area contributed by atoms with Crippen molar-refractivity contribution < 1.29 is 18.7 Å². The molecule has 0 atom stereocenters. The molecule has 25 heavy (non-hydrogen) atoms. The number of hydrogen-bond acceptors (Lipinski definition) is 6. The molecule has 0 aliphatic rings. The van der Waals surface area contributed by atoms with Gasteiger partial charge in [0.2, 0.25) is 0 Å². The normalized spacial score (nSPS) is 10.5. The molecule has 0 bridgehead atoms. The van der Waals surface area contributed by atoms with E-state index in [0.717, 1.165) is 11.3 Å². The van der Waals surface area contributed by atoms with E-state index >= 15 is 0 Å². The Labute approximate surface area is 150 Å². The fourth-order valence-electron chi connectivity index (χ4n) is 2.20. The van der Waals surface area contributed by atoms with Crippen molar-refractivity contribution in [2.75, 3.05) is 7.11 Å². The Balaban J connectivity index is 1.56. The van der Waals surface area contributed by atoms with Crippen LogP contribution < -0.4 is 14.2 Å². The fraction of sp³-hybridized carbons (Fsp3) is 0.222. The zero-order valence-electron chi connectivity index (χ0n) is 13.9. The van der Waals surface area contributed by atoms with Crippen LogP contribution in [0.2, 0.25) is 5.02 Å². The van der Waals surface area contributed by atoms with Gasteiger partial charge in [-0.2, -0.15) is 4.98 Å². The predicted molar refractivity (Wildman–Crippen MR) is 92.1 cm³/mol. The van der Waals surface area contributed by atoms with Crippen molar-refractivity contribution in [3.63, 3.8) is 0 Å². The summed E-state index contributed by atoms with van der Waals surface area (Å²) in [6.45, 7) is 2.33. The second-order valence-electron chi connectivity index (χ2n) is 5.24. The predicted octanol–water partition coefficient (Wildman–Crippen LogP) is 4.20. The minimum Gasteiger partial charge on any atom is -0.496 e. The lowest BCUT2D eigenvalue weighted by atomic mass is 10.2. The zero-order valence-corrected chi connectivity index (χ0v) is 14.6. The third kappa shape index (κ3) is 4.64. The lowest BCUT2D eigenvalue weighted by molar-refractivity contribution is 0.242. The molecule has 0 saturated carbocycles. The van der Waals surface area contributed by atoms with Crippen LogP contribution in [0.3, 0.4) is 0 Å². The first-order valence-corrected chi connectivity index (χ1v) is 7.99. The van der Waals surface area contributed by atoms with Gasteiger partial charge in [0.1, 0.15) is 23.9 Å². The van der Waals surface area contributed by atoms with Crippen LogP contribution in [0, 0.1) is 6.92 Å². The minimum absolute atomic E-state index is 0.223. The maximum atomic E-state index is 6.02. The largest absolute Gasteiger partial charge is 0.496 e. The van der Waals surface area contributed by atoms with Gasteiger partial charge in [-0.3, -0.25) is 0 Å². The van der Waals surface area contributed by atoms with E-state index in [2.05, 4.69) is 10.1 Å². The molecule has 2 aromatic carbocycles. The highest BCUT2D eigenvalue weighted by molar-refractivity contribution is 6.30. The number of nitrogens with zero attached hydrogens (tertiary/aromatic N) is 2. The summed E-state index contributed by atoms with van der Waals surface area (Å²) in [5.74, 6) is 3.15. The summed E-state index contributed by atoms with van der Waals surface area (Å²) >= 11 is 6.02. The second kappa shape index (κ2) is 7.90. The van der Waals surface area contributed by atoms with E-state index in [4.69, 9.17) is 30.3 Å². The average molecular weight is 361 g/mol. The molecule has 7 heteroatoms. The van der Waals surface area contributed by atoms with Gasteiger partial charge in [0.15, 0.2) is 12.4 Å². The summed E-state index contributed by atoms with van der Waals surface area (Å²) in [4.78, 5) is 4.08. The van der Waals surface area contributed by atoms with Gasteiger partial charge in [-0.05, 0) is 49.4 Å². The number of hydrogen-bond donors (Lipinski definition) is 0. The Kier molecular flexibility index (Phi) is 5.40. The van der Waals surface area contributed by atoms with Gasteiger partial charge in [0, 0.05) is 10.6 Å². The number of rotatable bonds is 7. The van der Waals surface area contributed by atoms with Crippen molar-refractivity contribution in [2.24, 2.45) is 0 Å². The second-order valence-corrected chi connectivity index (χ2v) is 5.68. The maximum absolute atomic E-state index is 6.02. The number of ether oxygens (including phenoxy) is 3. The number of benzene rings is 2. The molecule has 0 radical (unpaired) electrons. The zero-order chi connectivity index (χ0) is 17.6. The molecule has 0 N–H and O–H groups in total. The molecule has 3 aromatic rings. The average Bonchev–Trinajstić information content (AvgIpc) is 3.04. The standard InChI is InChI=1S/C18H17ClN2O4/c1-12-20-18(25-21-12)11-24-16-6-4-15(5-7-16)23-10-13-9-14(19)3-8-17(13)22-2/h3-9H,10-11H2,1-2H3. The highest BCUT2D eigenvalue weighted by Crippen LogP contribution is 2.25. The molecule has 0 spiro atoms. The molecule has 0 unspecified atom stereocenters. The molecule has 0 saturated heterocycles. The third-order valence-electron chi connectivity index (χ3n) is 3.39. The van der Waals surface area contributed by atoms with Crippen LogP contribution in [0.5, 0.6) is 17.2 Å². The van der Waals surface area contributed by atoms with E-state index in [1.807, 2.05) is 36.4 Å². The molecular weight excluding hydrogens is 344 g/mol. The van der Waals surface area contributed by atoms with Gasteiger partial charge < -0.3 is 18.7 Å². The van der Waals surface area contributed by atoms with Crippen LogP contribution in [0.1, 0.15) is 17.3 Å². The van der Waals surface area contributed by atoms with Crippen molar-refractivity contribution in [1.82, 2.24) is 10.1 Å². The third-order valence-corrected chi connectivity index (χ3v) is 3.63. The lowest BCUT2D eigenvalue weighted by Gasteiger charge is -2.11. The SMILES string of the molecule is COc1ccc(Cl)cc1COc1ccc(OCc2nc(C)no2)cc1. The first kappa shape index (κ1) is 17.1. The van der Waals surface area contributed by atoms with Crippen molar-refractivity contribution in [2.45, 2.75) is 20.1 Å². The first-order chi connectivity index (χ1) is 12.1. The van der Waals surface area contributed by atoms with E-state index in [1.165, 1.54) is 0 Å². The van der Waals surface area contributed by atoms with E-state index in [1.54, 1.807) is 20.1 Å². The van der Waals surface area contributed by atoms with Gasteiger partial charge in [-0.15, -0.1) is 0 Å². The Bertz CT molecular complexity index is 833. The molecule has 1 aromatic heterocycles. The Morgan fingerprint density at radius 1 is 1.00 bits per heavy atom. The van der Waals surface area contributed by atoms with Gasteiger partial charge in [0.25, 0.3) is 5.89 Å². The Morgan fingerprint density at radius 3 is 2.28 bits per heavy atom. The van der Waals surface area contributed by atoms with Crippen molar-refractivity contribution >= 4 is 11.6 Å². The number of aromatic nitrogens is 2. The quantitative estimate of drug-likeness (QED) is 0.629. The van der Waals surface area contributed by atoms with Crippen LogP contribution in [0.25, 0.3) is 0 Å². The summed E-state index contributed by atoms with van der Waals surface area (Å²) in [7, 11) is 1.61. The Hall–Kier alpha value is -2.73. The summed E-state index contributed by atoms with van der Waals surface area (Å²) in [6, 6.07) is 12.7. The van der Waals surface area contributed by atoms with Crippen LogP contribution >= 0.6 is 11.6 Å². The van der Waals surface area contributed by atoms with Crippen LogP contribution in [-0.2, 0) is 13.2 Å². The highest BCUT2D eigenvalue weighted by Gasteiger charge is 2.06. The molecule has 0 aliphatic heterocycles. The van der Waals surface area contributed by atoms with E-state index < -0.39 is 0 Å². The summed E-state index contributed by atoms with van der Waals surface area (Å²) < 4.78 is 21.7. The van der Waals surface area contributed by atoms with E-state index in [0.29, 0.717) is 34.8 Å². The monoisotopic (exact) mass is 360 g/mol. The van der Waals surface area contributed by atoms with Crippen LogP contribution in [0.15, 0.2) is 47.0 Å². The molecule has 0 amide bonds. The van der Waals surface area contributed by atoms with Crippen LogP contribution in [-0.4, -0.2) is 17.3 Å². The van der Waals surface area contributed by atoms with Crippen molar-refractivity contribution in [1.29, 1.82) is 0 Å².